The Kier molecular flexibility index (Phi) is 8.36. The second-order valence-electron chi connectivity index (χ2n) is 12.3. The first-order valence-corrected chi connectivity index (χ1v) is 15.8. The fourth-order valence-corrected chi connectivity index (χ4v) is 6.71. The second kappa shape index (κ2) is 12.6. The molecular weight excluding hydrogens is 629 g/mol. The fraction of sp³-hybridized carbons (Fsp3) is 0.314. The summed E-state index contributed by atoms with van der Waals surface area (Å²) in [7, 11) is 1.53. The molecule has 47 heavy (non-hydrogen) atoms. The van der Waals surface area contributed by atoms with Gasteiger partial charge in [0, 0.05) is 29.5 Å². The Labute approximate surface area is 274 Å². The number of aromatic nitrogens is 5. The number of ether oxygens (including phenoxy) is 1. The summed E-state index contributed by atoms with van der Waals surface area (Å²) in [5.74, 6) is 1.23. The average molecular weight is 661 g/mol. The number of amides is 1. The van der Waals surface area contributed by atoms with Gasteiger partial charge in [0.15, 0.2) is 0 Å². The van der Waals surface area contributed by atoms with Crippen molar-refractivity contribution in [3.05, 3.63) is 130 Å². The molecule has 4 atom stereocenters. The van der Waals surface area contributed by atoms with Crippen LogP contribution in [-0.4, -0.2) is 30.5 Å². The molecule has 2 saturated carbocycles. The van der Waals surface area contributed by atoms with Gasteiger partial charge in [-0.05, 0) is 72.4 Å². The van der Waals surface area contributed by atoms with Gasteiger partial charge < -0.3 is 10.1 Å². The third-order valence-electron chi connectivity index (χ3n) is 9.06. The van der Waals surface area contributed by atoms with Gasteiger partial charge in [-0.1, -0.05) is 60.1 Å². The SMILES string of the molecule is Cn1cc(C(=O)Nc2ccccc2C2CC2C2CC2)c(C(F)F)n1.Fc1ccc(C2(Cn3cncn3)OC2c2ccccc2Cl)cc1. The highest BCUT2D eigenvalue weighted by atomic mass is 35.5. The van der Waals surface area contributed by atoms with E-state index in [2.05, 4.69) is 20.5 Å². The van der Waals surface area contributed by atoms with E-state index in [9.17, 15) is 18.0 Å². The number of rotatable bonds is 9. The fourth-order valence-electron chi connectivity index (χ4n) is 6.48. The lowest BCUT2D eigenvalue weighted by molar-refractivity contribution is 0.101. The summed E-state index contributed by atoms with van der Waals surface area (Å²) in [6.45, 7) is 0.481. The molecule has 2 aliphatic carbocycles. The summed E-state index contributed by atoms with van der Waals surface area (Å²) in [6.07, 6.45) is 5.25. The van der Waals surface area contributed by atoms with E-state index in [0.29, 0.717) is 17.5 Å². The van der Waals surface area contributed by atoms with Crippen LogP contribution in [0.15, 0.2) is 91.6 Å². The van der Waals surface area contributed by atoms with Crippen LogP contribution >= 0.6 is 11.6 Å². The Bertz CT molecular complexity index is 1880. The van der Waals surface area contributed by atoms with Crippen molar-refractivity contribution in [3.8, 4) is 0 Å². The van der Waals surface area contributed by atoms with Crippen LogP contribution in [-0.2, 0) is 23.9 Å². The van der Waals surface area contributed by atoms with Crippen molar-refractivity contribution >= 4 is 23.2 Å². The molecule has 12 heteroatoms. The number of aryl methyl sites for hydroxylation is 1. The zero-order chi connectivity index (χ0) is 32.7. The van der Waals surface area contributed by atoms with E-state index in [1.165, 1.54) is 49.2 Å². The minimum Gasteiger partial charge on any atom is -0.354 e. The quantitative estimate of drug-likeness (QED) is 0.163. The van der Waals surface area contributed by atoms with E-state index in [0.717, 1.165) is 40.6 Å². The molecule has 3 aromatic carbocycles. The smallest absolute Gasteiger partial charge is 0.282 e. The largest absolute Gasteiger partial charge is 0.354 e. The van der Waals surface area contributed by atoms with E-state index >= 15 is 0 Å². The summed E-state index contributed by atoms with van der Waals surface area (Å²) in [6, 6.07) is 21.6. The van der Waals surface area contributed by atoms with Crippen molar-refractivity contribution in [2.24, 2.45) is 18.9 Å². The molecule has 0 radical (unpaired) electrons. The van der Waals surface area contributed by atoms with E-state index < -0.39 is 23.6 Å². The lowest BCUT2D eigenvalue weighted by atomic mass is 9.91. The van der Waals surface area contributed by atoms with Gasteiger partial charge >= 0.3 is 0 Å². The zero-order valence-electron chi connectivity index (χ0n) is 25.4. The highest BCUT2D eigenvalue weighted by molar-refractivity contribution is 6.31. The van der Waals surface area contributed by atoms with Crippen molar-refractivity contribution in [1.29, 1.82) is 0 Å². The molecule has 1 saturated heterocycles. The van der Waals surface area contributed by atoms with Gasteiger partial charge in [-0.2, -0.15) is 10.2 Å². The molecule has 1 aliphatic heterocycles. The Morgan fingerprint density at radius 3 is 2.47 bits per heavy atom. The highest BCUT2D eigenvalue weighted by Gasteiger charge is 2.59. The first kappa shape index (κ1) is 31.1. The molecule has 2 aromatic heterocycles. The Morgan fingerprint density at radius 2 is 1.79 bits per heavy atom. The molecule has 0 spiro atoms. The molecule has 3 aliphatic rings. The minimum atomic E-state index is -2.77. The second-order valence-corrected chi connectivity index (χ2v) is 12.7. The van der Waals surface area contributed by atoms with Crippen molar-refractivity contribution < 1.29 is 22.7 Å². The maximum atomic E-state index is 13.3. The topological polar surface area (TPSA) is 90.2 Å². The summed E-state index contributed by atoms with van der Waals surface area (Å²) in [5.41, 5.74) is 2.47. The van der Waals surface area contributed by atoms with E-state index in [1.54, 1.807) is 23.1 Å². The van der Waals surface area contributed by atoms with Gasteiger partial charge in [-0.3, -0.25) is 9.48 Å². The summed E-state index contributed by atoms with van der Waals surface area (Å²) < 4.78 is 48.4. The van der Waals surface area contributed by atoms with Gasteiger partial charge in [-0.15, -0.1) is 0 Å². The summed E-state index contributed by atoms with van der Waals surface area (Å²) in [5, 5.41) is 11.3. The number of para-hydroxylation sites is 1. The number of benzene rings is 3. The van der Waals surface area contributed by atoms with E-state index in [4.69, 9.17) is 16.3 Å². The number of epoxide rings is 1. The first-order valence-electron chi connectivity index (χ1n) is 15.5. The highest BCUT2D eigenvalue weighted by Crippen LogP contribution is 2.60. The van der Waals surface area contributed by atoms with Gasteiger partial charge in [0.1, 0.15) is 35.9 Å². The average Bonchev–Trinajstić information content (AvgIpc) is 4.01. The van der Waals surface area contributed by atoms with Crippen LogP contribution in [0.25, 0.3) is 0 Å². The molecule has 242 valence electrons. The summed E-state index contributed by atoms with van der Waals surface area (Å²) >= 11 is 6.31. The Balaban J connectivity index is 0.000000150. The zero-order valence-corrected chi connectivity index (χ0v) is 26.2. The maximum Gasteiger partial charge on any atom is 0.282 e. The molecule has 8 rings (SSSR count). The van der Waals surface area contributed by atoms with Crippen LogP contribution in [0.1, 0.15) is 70.5 Å². The standard InChI is InChI=1S/C18H19F2N3O.C17H13ClFN3O/c1-23-9-14(16(22-23)17(19)20)18(24)21-15-5-3-2-4-11(15)13-8-12(13)10-6-7-10;18-15-4-2-1-3-14(15)16-17(23-16,9-22-11-20-10-21-22)12-5-7-13(19)8-6-12/h2-5,9-10,12-13,17H,6-8H2,1H3,(H,21,24);1-8,10-11,16H,9H2. The van der Waals surface area contributed by atoms with Crippen molar-refractivity contribution in [2.75, 3.05) is 5.32 Å². The molecule has 1 amide bonds. The first-order chi connectivity index (χ1) is 22.7. The number of hydrogen-bond acceptors (Lipinski definition) is 5. The molecule has 8 nitrogen and oxygen atoms in total. The number of alkyl halides is 2. The lowest BCUT2D eigenvalue weighted by Crippen LogP contribution is -2.19. The number of nitrogens with zero attached hydrogens (tertiary/aromatic N) is 5. The van der Waals surface area contributed by atoms with Crippen molar-refractivity contribution in [2.45, 2.75) is 49.9 Å². The molecule has 0 bridgehead atoms. The van der Waals surface area contributed by atoms with Crippen LogP contribution in [0.4, 0.5) is 18.9 Å². The molecule has 1 N–H and O–H groups in total. The van der Waals surface area contributed by atoms with Crippen molar-refractivity contribution in [1.82, 2.24) is 24.5 Å². The lowest BCUT2D eigenvalue weighted by Gasteiger charge is -2.14. The monoisotopic (exact) mass is 660 g/mol. The predicted octanol–water partition coefficient (Wildman–Crippen LogP) is 7.86. The Hall–Kier alpha value is -4.48. The van der Waals surface area contributed by atoms with Gasteiger partial charge in [0.2, 0.25) is 0 Å². The number of hydrogen-bond donors (Lipinski definition) is 1. The maximum absolute atomic E-state index is 13.3. The number of carbonyl (C=O) groups is 1. The Morgan fingerprint density at radius 1 is 1.06 bits per heavy atom. The van der Waals surface area contributed by atoms with E-state index in [1.807, 2.05) is 48.5 Å². The van der Waals surface area contributed by atoms with Crippen molar-refractivity contribution in [3.63, 3.8) is 0 Å². The molecular formula is C35H32ClF3N6O2. The third kappa shape index (κ3) is 6.55. The minimum absolute atomic E-state index is 0.0724. The number of anilines is 1. The molecule has 4 unspecified atom stereocenters. The van der Waals surface area contributed by atoms with Gasteiger partial charge in [0.05, 0.1) is 12.1 Å². The van der Waals surface area contributed by atoms with Crippen LogP contribution in [0, 0.1) is 17.7 Å². The third-order valence-corrected chi connectivity index (χ3v) is 9.41. The van der Waals surface area contributed by atoms with Gasteiger partial charge in [-0.25, -0.2) is 22.8 Å². The summed E-state index contributed by atoms with van der Waals surface area (Å²) in [4.78, 5) is 16.4. The molecule has 5 aromatic rings. The molecule has 3 fully saturated rings. The van der Waals surface area contributed by atoms with Crippen LogP contribution in [0.2, 0.25) is 5.02 Å². The van der Waals surface area contributed by atoms with Gasteiger partial charge in [0.25, 0.3) is 12.3 Å². The normalized spacial score (nSPS) is 22.8. The number of nitrogens with one attached hydrogen (secondary N) is 1. The van der Waals surface area contributed by atoms with Crippen LogP contribution in [0.5, 0.6) is 0 Å². The molecule has 3 heterocycles. The van der Waals surface area contributed by atoms with Crippen LogP contribution < -0.4 is 5.32 Å². The number of carbonyl (C=O) groups excluding carboxylic acids is 1. The van der Waals surface area contributed by atoms with E-state index in [-0.39, 0.29) is 17.5 Å². The number of halogens is 4. The predicted molar refractivity (Wildman–Crippen MR) is 170 cm³/mol. The van der Waals surface area contributed by atoms with Crippen LogP contribution in [0.3, 0.4) is 0 Å².